The van der Waals surface area contributed by atoms with Crippen LogP contribution in [0.2, 0.25) is 0 Å². The standard InChI is InChI=1S/C18H14F3N5O4/c1-11-14(26(28)29)3-2-4-16(11)30-8-17(27)24-13-7-12(18(19,20)21)5-6-15(13)25-10-22-9-23-25/h2-7,9-10H,8H2,1H3,(H,24,27). The Morgan fingerprint density at radius 2 is 2.07 bits per heavy atom. The van der Waals surface area contributed by atoms with Gasteiger partial charge in [0, 0.05) is 6.07 Å². The molecule has 0 aliphatic carbocycles. The summed E-state index contributed by atoms with van der Waals surface area (Å²) in [7, 11) is 0. The van der Waals surface area contributed by atoms with E-state index in [1.807, 2.05) is 0 Å². The Balaban J connectivity index is 1.81. The van der Waals surface area contributed by atoms with Gasteiger partial charge in [0.1, 0.15) is 18.4 Å². The molecule has 0 aliphatic rings. The summed E-state index contributed by atoms with van der Waals surface area (Å²) in [6.45, 7) is 0.885. The number of hydrogen-bond acceptors (Lipinski definition) is 6. The quantitative estimate of drug-likeness (QED) is 0.481. The zero-order chi connectivity index (χ0) is 21.9. The van der Waals surface area contributed by atoms with Crippen LogP contribution in [0.1, 0.15) is 11.1 Å². The molecule has 0 fully saturated rings. The molecule has 1 heterocycles. The first-order valence-electron chi connectivity index (χ1n) is 8.39. The molecule has 156 valence electrons. The fourth-order valence-electron chi connectivity index (χ4n) is 2.63. The topological polar surface area (TPSA) is 112 Å². The van der Waals surface area contributed by atoms with Crippen molar-refractivity contribution < 1.29 is 27.6 Å². The van der Waals surface area contributed by atoms with E-state index in [-0.39, 0.29) is 28.4 Å². The van der Waals surface area contributed by atoms with Crippen molar-refractivity contribution in [2.75, 3.05) is 11.9 Å². The Morgan fingerprint density at radius 1 is 1.30 bits per heavy atom. The van der Waals surface area contributed by atoms with Crippen LogP contribution in [0.4, 0.5) is 24.5 Å². The van der Waals surface area contributed by atoms with Crippen LogP contribution in [0.3, 0.4) is 0 Å². The lowest BCUT2D eigenvalue weighted by atomic mass is 10.1. The van der Waals surface area contributed by atoms with Gasteiger partial charge in [-0.3, -0.25) is 14.9 Å². The summed E-state index contributed by atoms with van der Waals surface area (Å²) in [5, 5.41) is 17.2. The van der Waals surface area contributed by atoms with Crippen molar-refractivity contribution in [2.24, 2.45) is 0 Å². The van der Waals surface area contributed by atoms with Gasteiger partial charge in [-0.25, -0.2) is 9.67 Å². The van der Waals surface area contributed by atoms with Gasteiger partial charge in [0.15, 0.2) is 6.61 Å². The molecule has 1 amide bonds. The SMILES string of the molecule is Cc1c(OCC(=O)Nc2cc(C(F)(F)F)ccc2-n2cncn2)cccc1[N+](=O)[O-]. The van der Waals surface area contributed by atoms with Gasteiger partial charge in [-0.2, -0.15) is 18.3 Å². The summed E-state index contributed by atoms with van der Waals surface area (Å²) in [5.41, 5.74) is -0.908. The van der Waals surface area contributed by atoms with Gasteiger partial charge in [-0.15, -0.1) is 0 Å². The van der Waals surface area contributed by atoms with Crippen molar-refractivity contribution in [3.05, 3.63) is 70.3 Å². The van der Waals surface area contributed by atoms with Gasteiger partial charge in [0.05, 0.1) is 27.4 Å². The molecule has 0 radical (unpaired) electrons. The van der Waals surface area contributed by atoms with E-state index in [9.17, 15) is 28.1 Å². The Bertz CT molecular complexity index is 1080. The number of carbonyl (C=O) groups excluding carboxylic acids is 1. The second-order valence-electron chi connectivity index (χ2n) is 6.06. The van der Waals surface area contributed by atoms with Crippen LogP contribution in [0.25, 0.3) is 5.69 Å². The van der Waals surface area contributed by atoms with E-state index < -0.39 is 29.2 Å². The highest BCUT2D eigenvalue weighted by molar-refractivity contribution is 5.94. The van der Waals surface area contributed by atoms with Crippen LogP contribution in [0.15, 0.2) is 49.1 Å². The average Bonchev–Trinajstić information content (AvgIpc) is 3.20. The number of benzene rings is 2. The maximum atomic E-state index is 13.1. The third kappa shape index (κ3) is 4.54. The van der Waals surface area contributed by atoms with E-state index in [4.69, 9.17) is 4.74 Å². The predicted octanol–water partition coefficient (Wildman–Crippen LogP) is 3.52. The smallest absolute Gasteiger partial charge is 0.416 e. The van der Waals surface area contributed by atoms with Crippen LogP contribution in [0.5, 0.6) is 5.75 Å². The number of aromatic nitrogens is 3. The monoisotopic (exact) mass is 421 g/mol. The number of halogens is 3. The molecule has 0 aliphatic heterocycles. The molecule has 0 unspecified atom stereocenters. The molecule has 30 heavy (non-hydrogen) atoms. The number of carbonyl (C=O) groups is 1. The zero-order valence-corrected chi connectivity index (χ0v) is 15.4. The summed E-state index contributed by atoms with van der Waals surface area (Å²) >= 11 is 0. The molecule has 3 rings (SSSR count). The van der Waals surface area contributed by atoms with Gasteiger partial charge < -0.3 is 10.1 Å². The summed E-state index contributed by atoms with van der Waals surface area (Å²) < 4.78 is 45.7. The highest BCUT2D eigenvalue weighted by atomic mass is 19.4. The zero-order valence-electron chi connectivity index (χ0n) is 15.4. The fourth-order valence-corrected chi connectivity index (χ4v) is 2.63. The highest BCUT2D eigenvalue weighted by Crippen LogP contribution is 2.33. The van der Waals surface area contributed by atoms with E-state index in [1.54, 1.807) is 0 Å². The van der Waals surface area contributed by atoms with E-state index in [1.165, 1.54) is 42.5 Å². The first-order valence-corrected chi connectivity index (χ1v) is 8.39. The molecule has 0 saturated carbocycles. The second-order valence-corrected chi connectivity index (χ2v) is 6.06. The number of rotatable bonds is 6. The molecule has 9 nitrogen and oxygen atoms in total. The summed E-state index contributed by atoms with van der Waals surface area (Å²) in [5.74, 6) is -0.651. The number of anilines is 1. The van der Waals surface area contributed by atoms with E-state index in [0.29, 0.717) is 0 Å². The molecule has 0 bridgehead atoms. The van der Waals surface area contributed by atoms with Gasteiger partial charge >= 0.3 is 6.18 Å². The van der Waals surface area contributed by atoms with E-state index >= 15 is 0 Å². The number of alkyl halides is 3. The number of nitrogens with one attached hydrogen (secondary N) is 1. The molecule has 0 saturated heterocycles. The maximum Gasteiger partial charge on any atom is 0.416 e. The first kappa shape index (κ1) is 20.8. The Hall–Kier alpha value is -3.96. The third-order valence-corrected chi connectivity index (χ3v) is 4.07. The molecule has 0 atom stereocenters. The highest BCUT2D eigenvalue weighted by Gasteiger charge is 2.31. The minimum Gasteiger partial charge on any atom is -0.483 e. The first-order chi connectivity index (χ1) is 14.2. The van der Waals surface area contributed by atoms with Crippen molar-refractivity contribution in [1.29, 1.82) is 0 Å². The van der Waals surface area contributed by atoms with Crippen molar-refractivity contribution >= 4 is 17.3 Å². The van der Waals surface area contributed by atoms with E-state index in [0.717, 1.165) is 18.2 Å². The molecular formula is C18H14F3N5O4. The average molecular weight is 421 g/mol. The minimum atomic E-state index is -4.61. The number of ether oxygens (including phenoxy) is 1. The van der Waals surface area contributed by atoms with Crippen molar-refractivity contribution in [1.82, 2.24) is 14.8 Å². The second kappa shape index (κ2) is 8.19. The summed E-state index contributed by atoms with van der Waals surface area (Å²) in [4.78, 5) is 26.4. The predicted molar refractivity (Wildman–Crippen MR) is 98.3 cm³/mol. The van der Waals surface area contributed by atoms with Crippen LogP contribution >= 0.6 is 0 Å². The minimum absolute atomic E-state index is 0.111. The van der Waals surface area contributed by atoms with Crippen LogP contribution in [-0.2, 0) is 11.0 Å². The molecule has 0 spiro atoms. The van der Waals surface area contributed by atoms with Gasteiger partial charge in [-0.1, -0.05) is 6.07 Å². The number of nitrogens with zero attached hydrogens (tertiary/aromatic N) is 4. The lowest BCUT2D eigenvalue weighted by Crippen LogP contribution is -2.22. The molecular weight excluding hydrogens is 407 g/mol. The number of amides is 1. The maximum absolute atomic E-state index is 13.1. The van der Waals surface area contributed by atoms with Crippen molar-refractivity contribution in [2.45, 2.75) is 13.1 Å². The Labute approximate surface area is 167 Å². The van der Waals surface area contributed by atoms with Gasteiger partial charge in [0.2, 0.25) is 0 Å². The number of hydrogen-bond donors (Lipinski definition) is 1. The largest absolute Gasteiger partial charge is 0.483 e. The van der Waals surface area contributed by atoms with E-state index in [2.05, 4.69) is 15.4 Å². The van der Waals surface area contributed by atoms with Crippen LogP contribution < -0.4 is 10.1 Å². The Morgan fingerprint density at radius 3 is 2.70 bits per heavy atom. The summed E-state index contributed by atoms with van der Waals surface area (Å²) in [6.07, 6.45) is -2.16. The molecule has 1 N–H and O–H groups in total. The lowest BCUT2D eigenvalue weighted by molar-refractivity contribution is -0.385. The van der Waals surface area contributed by atoms with Crippen LogP contribution in [0, 0.1) is 17.0 Å². The fraction of sp³-hybridized carbons (Fsp3) is 0.167. The van der Waals surface area contributed by atoms with Gasteiger partial charge in [0.25, 0.3) is 11.6 Å². The van der Waals surface area contributed by atoms with Crippen molar-refractivity contribution in [3.63, 3.8) is 0 Å². The molecule has 1 aromatic heterocycles. The lowest BCUT2D eigenvalue weighted by Gasteiger charge is -2.15. The number of nitro benzene ring substituents is 1. The van der Waals surface area contributed by atoms with Crippen LogP contribution in [-0.4, -0.2) is 32.2 Å². The number of nitro groups is 1. The molecule has 2 aromatic carbocycles. The van der Waals surface area contributed by atoms with Gasteiger partial charge in [-0.05, 0) is 31.2 Å². The third-order valence-electron chi connectivity index (χ3n) is 4.07. The van der Waals surface area contributed by atoms with Crippen molar-refractivity contribution in [3.8, 4) is 11.4 Å². The molecule has 12 heteroatoms. The Kier molecular flexibility index (Phi) is 5.67. The summed E-state index contributed by atoms with van der Waals surface area (Å²) in [6, 6.07) is 6.91. The normalized spacial score (nSPS) is 11.2. The molecule has 3 aromatic rings.